The Morgan fingerprint density at radius 2 is 0.703 bits per heavy atom. The van der Waals surface area contributed by atoms with Crippen molar-refractivity contribution in [1.82, 2.24) is 9.80 Å². The molecule has 64 heavy (non-hydrogen) atoms. The summed E-state index contributed by atoms with van der Waals surface area (Å²) in [4.78, 5) is 62.2. The highest BCUT2D eigenvalue weighted by atomic mass is 16.4. The van der Waals surface area contributed by atoms with Gasteiger partial charge in [0.05, 0.1) is 0 Å². The van der Waals surface area contributed by atoms with E-state index < -0.39 is 57.1 Å². The zero-order valence-electron chi connectivity index (χ0n) is 43.5. The monoisotopic (exact) mass is 905 g/mol. The van der Waals surface area contributed by atoms with Gasteiger partial charge in [-0.25, -0.2) is 0 Å². The van der Waals surface area contributed by atoms with Crippen LogP contribution in [0.4, 0.5) is 0 Å². The van der Waals surface area contributed by atoms with E-state index in [1.807, 2.05) is 34.7 Å². The summed E-state index contributed by atoms with van der Waals surface area (Å²) in [6.07, 6.45) is 26.3. The summed E-state index contributed by atoms with van der Waals surface area (Å²) in [5.41, 5.74) is -9.76. The number of hydrogen-bond acceptors (Lipinski definition) is 6. The molecule has 2 aliphatic heterocycles. The summed E-state index contributed by atoms with van der Waals surface area (Å²) < 4.78 is 0. The molecule has 1 unspecified atom stereocenters. The number of likely N-dealkylation sites (tertiary alicyclic amines) is 2. The van der Waals surface area contributed by atoms with Crippen LogP contribution in [0.5, 0.6) is 0 Å². The Kier molecular flexibility index (Phi) is 22.9. The smallest absolute Gasteiger partial charge is 0.334 e. The van der Waals surface area contributed by atoms with Crippen molar-refractivity contribution in [2.45, 2.75) is 278 Å². The normalized spacial score (nSPS) is 20.5. The first-order valence-corrected chi connectivity index (χ1v) is 26.2. The summed E-state index contributed by atoms with van der Waals surface area (Å²) in [6.45, 7) is 21.2. The minimum atomic E-state index is -3.64. The fourth-order valence-electron chi connectivity index (χ4n) is 13.6. The molecule has 374 valence electrons. The van der Waals surface area contributed by atoms with Crippen molar-refractivity contribution in [1.29, 1.82) is 0 Å². The number of carbonyl (C=O) groups is 4. The first-order chi connectivity index (χ1) is 29.8. The van der Waals surface area contributed by atoms with Crippen LogP contribution in [-0.4, -0.2) is 90.4 Å². The molecule has 2 heterocycles. The lowest BCUT2D eigenvalue weighted by Crippen LogP contribution is -2.74. The van der Waals surface area contributed by atoms with E-state index in [1.165, 1.54) is 77.0 Å². The van der Waals surface area contributed by atoms with Gasteiger partial charge in [-0.3, -0.25) is 29.0 Å². The van der Waals surface area contributed by atoms with Gasteiger partial charge in [0.25, 0.3) is 5.41 Å². The first-order valence-electron chi connectivity index (χ1n) is 26.2. The van der Waals surface area contributed by atoms with E-state index in [0.717, 1.165) is 51.4 Å². The molecule has 0 bridgehead atoms. The maximum atomic E-state index is 15.2. The van der Waals surface area contributed by atoms with Crippen molar-refractivity contribution in [3.8, 4) is 0 Å². The molecule has 10 heteroatoms. The Morgan fingerprint density at radius 3 is 0.969 bits per heavy atom. The number of carboxylic acids is 4. The van der Waals surface area contributed by atoms with Crippen LogP contribution in [0.15, 0.2) is 0 Å². The molecule has 2 saturated heterocycles. The van der Waals surface area contributed by atoms with Crippen LogP contribution >= 0.6 is 0 Å². The van der Waals surface area contributed by atoms with Gasteiger partial charge < -0.3 is 20.4 Å². The highest BCUT2D eigenvalue weighted by Crippen LogP contribution is 2.68. The van der Waals surface area contributed by atoms with Crippen LogP contribution in [0.3, 0.4) is 0 Å². The summed E-state index contributed by atoms with van der Waals surface area (Å²) in [5.74, 6) is -9.01. The predicted molar refractivity (Wildman–Crippen MR) is 262 cm³/mol. The van der Waals surface area contributed by atoms with Crippen LogP contribution in [0.25, 0.3) is 0 Å². The Labute approximate surface area is 391 Å². The second-order valence-corrected chi connectivity index (χ2v) is 23.6. The largest absolute Gasteiger partial charge is 0.481 e. The zero-order chi connectivity index (χ0) is 48.6. The van der Waals surface area contributed by atoms with Crippen molar-refractivity contribution in [3.05, 3.63) is 0 Å². The third-order valence-electron chi connectivity index (χ3n) is 17.2. The maximum absolute atomic E-state index is 15.2. The topological polar surface area (TPSA) is 156 Å². The van der Waals surface area contributed by atoms with Gasteiger partial charge in [0, 0.05) is 22.2 Å². The van der Waals surface area contributed by atoms with Gasteiger partial charge in [0.15, 0.2) is 0 Å². The summed E-state index contributed by atoms with van der Waals surface area (Å²) in [5, 5.41) is 46.6. The molecule has 0 amide bonds. The lowest BCUT2D eigenvalue weighted by Gasteiger charge is -2.64. The number of nitrogens with zero attached hydrogens (tertiary/aromatic N) is 2. The first kappa shape index (κ1) is 57.9. The quantitative estimate of drug-likeness (QED) is 0.0369. The fraction of sp³-hybridized carbons (Fsp3) is 0.926. The second-order valence-electron chi connectivity index (χ2n) is 23.6. The van der Waals surface area contributed by atoms with Gasteiger partial charge in [0.1, 0.15) is 5.41 Å². The van der Waals surface area contributed by atoms with E-state index in [-0.39, 0.29) is 49.1 Å². The molecule has 2 aliphatic rings. The maximum Gasteiger partial charge on any atom is 0.334 e. The fourth-order valence-corrected chi connectivity index (χ4v) is 13.6. The SMILES string of the molecule is CCCCCCCCCCCCCC(CCCCCCCCCCCCC)(CC1CC(C)(C)N(C)C(C)(C)C1)C(C(=O)O)(C1CC(C)(C)N(C)C(C)(C)C1)C(C(=O)O)(C(=O)O)C(=O)O. The van der Waals surface area contributed by atoms with Crippen molar-refractivity contribution < 1.29 is 39.6 Å². The molecule has 0 radical (unpaired) electrons. The molecule has 2 fully saturated rings. The number of aliphatic carboxylic acids is 4. The Hall–Kier alpha value is -2.20. The minimum absolute atomic E-state index is 0.0956. The van der Waals surface area contributed by atoms with Gasteiger partial charge in [0.2, 0.25) is 0 Å². The molecule has 0 aromatic carbocycles. The highest BCUT2D eigenvalue weighted by Gasteiger charge is 2.81. The van der Waals surface area contributed by atoms with Gasteiger partial charge in [-0.05, 0) is 132 Å². The molecule has 0 aromatic heterocycles. The highest BCUT2D eigenvalue weighted by molar-refractivity contribution is 6.20. The van der Waals surface area contributed by atoms with E-state index in [2.05, 4.69) is 58.4 Å². The molecule has 0 aliphatic carbocycles. The molecule has 2 rings (SSSR count). The lowest BCUT2D eigenvalue weighted by molar-refractivity contribution is -0.231. The molecule has 0 saturated carbocycles. The van der Waals surface area contributed by atoms with Crippen molar-refractivity contribution >= 4 is 23.9 Å². The average Bonchev–Trinajstić information content (AvgIpc) is 3.17. The van der Waals surface area contributed by atoms with Gasteiger partial charge in [-0.1, -0.05) is 155 Å². The molecule has 10 nitrogen and oxygen atoms in total. The van der Waals surface area contributed by atoms with Crippen LogP contribution in [0.1, 0.15) is 255 Å². The second kappa shape index (κ2) is 25.2. The predicted octanol–water partition coefficient (Wildman–Crippen LogP) is 13.9. The van der Waals surface area contributed by atoms with Gasteiger partial charge in [-0.15, -0.1) is 0 Å². The van der Waals surface area contributed by atoms with E-state index >= 15 is 4.79 Å². The molecule has 4 N–H and O–H groups in total. The van der Waals surface area contributed by atoms with Crippen LogP contribution < -0.4 is 0 Å². The number of piperidine rings is 2. The standard InChI is InChI=1S/C54H100N2O8/c1-13-15-17-19-21-23-25-27-29-31-33-35-52(36-34-32-30-28-26-24-22-20-18-16-14-2,39-42-37-48(3,4)55(11)49(5,6)38-42)54(47(63)64,53(44(57)58,45(59)60)46(61)62)43-40-50(7,8)56(12)51(9,10)41-43/h42-43H,13-41H2,1-12H3,(H,57,58)(H,59,60)(H,61,62)(H,63,64). The van der Waals surface area contributed by atoms with E-state index in [0.29, 0.717) is 25.7 Å². The van der Waals surface area contributed by atoms with Crippen LogP contribution in [0, 0.1) is 28.1 Å². The van der Waals surface area contributed by atoms with Crippen molar-refractivity contribution in [3.63, 3.8) is 0 Å². The minimum Gasteiger partial charge on any atom is -0.481 e. The molecule has 1 atom stereocenters. The van der Waals surface area contributed by atoms with Gasteiger partial charge >= 0.3 is 23.9 Å². The van der Waals surface area contributed by atoms with Crippen molar-refractivity contribution in [2.75, 3.05) is 14.1 Å². The van der Waals surface area contributed by atoms with E-state index in [1.54, 1.807) is 0 Å². The Bertz CT molecular complexity index is 1360. The number of rotatable bonds is 33. The zero-order valence-corrected chi connectivity index (χ0v) is 43.5. The summed E-state index contributed by atoms with van der Waals surface area (Å²) >= 11 is 0. The molecule has 0 spiro atoms. The van der Waals surface area contributed by atoms with E-state index in [9.17, 15) is 34.8 Å². The molecular formula is C54H100N2O8. The summed E-state index contributed by atoms with van der Waals surface area (Å²) in [7, 11) is 4.10. The Morgan fingerprint density at radius 1 is 0.438 bits per heavy atom. The van der Waals surface area contributed by atoms with Gasteiger partial charge in [-0.2, -0.15) is 0 Å². The lowest BCUT2D eigenvalue weighted by atomic mass is 9.39. The third-order valence-corrected chi connectivity index (χ3v) is 17.2. The molecule has 0 aromatic rings. The number of unbranched alkanes of at least 4 members (excludes halogenated alkanes) is 20. The summed E-state index contributed by atoms with van der Waals surface area (Å²) in [6, 6.07) is 0. The Balaban J connectivity index is 2.91. The van der Waals surface area contributed by atoms with Crippen LogP contribution in [0.2, 0.25) is 0 Å². The molecular weight excluding hydrogens is 805 g/mol. The third kappa shape index (κ3) is 13.7. The number of hydrogen-bond donors (Lipinski definition) is 4. The number of carboxylic acid groups (broad SMARTS) is 4. The van der Waals surface area contributed by atoms with Crippen LogP contribution in [-0.2, 0) is 19.2 Å². The van der Waals surface area contributed by atoms with E-state index in [4.69, 9.17) is 0 Å². The van der Waals surface area contributed by atoms with Crippen molar-refractivity contribution in [2.24, 2.45) is 28.1 Å². The average molecular weight is 905 g/mol.